The highest BCUT2D eigenvalue weighted by molar-refractivity contribution is 7.99. The lowest BCUT2D eigenvalue weighted by atomic mass is 10.3. The van der Waals surface area contributed by atoms with Crippen molar-refractivity contribution in [3.05, 3.63) is 65.6 Å². The number of ether oxygens (including phenoxy) is 1. The quantitative estimate of drug-likeness (QED) is 0.637. The van der Waals surface area contributed by atoms with Crippen LogP contribution in [0.1, 0.15) is 17.4 Å². The molecule has 7 heteroatoms. The number of carbonyl (C=O) groups is 1. The molecular formula is C17H14ClN3O2S. The number of halogens is 1. The first-order valence-corrected chi connectivity index (χ1v) is 8.48. The molecule has 0 aliphatic heterocycles. The van der Waals surface area contributed by atoms with Crippen LogP contribution >= 0.6 is 23.4 Å². The zero-order valence-electron chi connectivity index (χ0n) is 12.8. The van der Waals surface area contributed by atoms with Gasteiger partial charge in [0.1, 0.15) is 5.03 Å². The monoisotopic (exact) mass is 359 g/mol. The van der Waals surface area contributed by atoms with E-state index >= 15 is 0 Å². The van der Waals surface area contributed by atoms with Crippen molar-refractivity contribution in [3.8, 4) is 5.69 Å². The second-order valence-corrected chi connectivity index (χ2v) is 6.24. The summed E-state index contributed by atoms with van der Waals surface area (Å²) < 4.78 is 6.69. The summed E-state index contributed by atoms with van der Waals surface area (Å²) in [6.45, 7) is 2.05. The van der Waals surface area contributed by atoms with Gasteiger partial charge in [-0.2, -0.15) is 5.10 Å². The van der Waals surface area contributed by atoms with Crippen molar-refractivity contribution in [3.63, 3.8) is 0 Å². The van der Waals surface area contributed by atoms with Gasteiger partial charge in [0.25, 0.3) is 0 Å². The fourth-order valence-corrected chi connectivity index (χ4v) is 3.18. The highest BCUT2D eigenvalue weighted by Gasteiger charge is 2.18. The van der Waals surface area contributed by atoms with Crippen LogP contribution < -0.4 is 0 Å². The molecule has 0 amide bonds. The first kappa shape index (κ1) is 16.5. The molecule has 0 aliphatic carbocycles. The molecule has 0 saturated heterocycles. The second-order valence-electron chi connectivity index (χ2n) is 4.74. The van der Waals surface area contributed by atoms with E-state index in [-0.39, 0.29) is 5.69 Å². The van der Waals surface area contributed by atoms with Gasteiger partial charge in [-0.05, 0) is 31.2 Å². The molecule has 0 N–H and O–H groups in total. The van der Waals surface area contributed by atoms with Crippen LogP contribution in [0.4, 0.5) is 0 Å². The fraction of sp³-hybridized carbons (Fsp3) is 0.118. The fourth-order valence-electron chi connectivity index (χ4n) is 2.07. The number of carbonyl (C=O) groups excluding carboxylic acids is 1. The number of aromatic nitrogens is 3. The smallest absolute Gasteiger partial charge is 0.358 e. The lowest BCUT2D eigenvalue weighted by molar-refractivity contribution is 0.0519. The molecule has 2 heterocycles. The van der Waals surface area contributed by atoms with Crippen LogP contribution in [0.2, 0.25) is 5.02 Å². The third-order valence-corrected chi connectivity index (χ3v) is 4.40. The van der Waals surface area contributed by atoms with Crippen molar-refractivity contribution >= 4 is 29.3 Å². The van der Waals surface area contributed by atoms with Gasteiger partial charge in [-0.25, -0.2) is 9.48 Å². The molecule has 0 aliphatic rings. The molecule has 5 nitrogen and oxygen atoms in total. The molecule has 2 aromatic heterocycles. The Labute approximate surface area is 148 Å². The minimum Gasteiger partial charge on any atom is -0.461 e. The third-order valence-electron chi connectivity index (χ3n) is 3.10. The van der Waals surface area contributed by atoms with Crippen LogP contribution in [-0.2, 0) is 4.74 Å². The number of nitrogens with zero attached hydrogens (tertiary/aromatic N) is 3. The van der Waals surface area contributed by atoms with E-state index in [1.165, 1.54) is 11.8 Å². The lowest BCUT2D eigenvalue weighted by Gasteiger charge is -2.08. The predicted molar refractivity (Wildman–Crippen MR) is 92.9 cm³/mol. The molecule has 3 aromatic rings. The van der Waals surface area contributed by atoms with Crippen molar-refractivity contribution in [1.82, 2.24) is 14.8 Å². The van der Waals surface area contributed by atoms with Gasteiger partial charge >= 0.3 is 5.97 Å². The maximum absolute atomic E-state index is 12.0. The van der Waals surface area contributed by atoms with Crippen LogP contribution in [-0.4, -0.2) is 27.3 Å². The van der Waals surface area contributed by atoms with Crippen LogP contribution in [0.5, 0.6) is 0 Å². The van der Waals surface area contributed by atoms with Gasteiger partial charge in [-0.3, -0.25) is 4.98 Å². The Morgan fingerprint density at radius 1 is 1.29 bits per heavy atom. The summed E-state index contributed by atoms with van der Waals surface area (Å²) in [7, 11) is 0. The standard InChI is InChI=1S/C17H14ClN3O2S/c1-2-23-17(22)14-10-16(24-12-6-5-9-19-11-12)21(20-14)15-8-4-3-7-13(15)18/h3-11H,2H2,1H3. The summed E-state index contributed by atoms with van der Waals surface area (Å²) in [5.74, 6) is -0.462. The summed E-state index contributed by atoms with van der Waals surface area (Å²) >= 11 is 7.73. The zero-order valence-corrected chi connectivity index (χ0v) is 14.4. The van der Waals surface area contributed by atoms with E-state index in [9.17, 15) is 4.79 Å². The van der Waals surface area contributed by atoms with Crippen molar-refractivity contribution in [2.45, 2.75) is 16.8 Å². The van der Waals surface area contributed by atoms with E-state index in [2.05, 4.69) is 10.1 Å². The molecule has 1 aromatic carbocycles. The summed E-state index contributed by atoms with van der Waals surface area (Å²) in [5.41, 5.74) is 0.935. The predicted octanol–water partition coefficient (Wildman–Crippen LogP) is 4.25. The topological polar surface area (TPSA) is 57.0 Å². The van der Waals surface area contributed by atoms with E-state index in [0.29, 0.717) is 17.3 Å². The van der Waals surface area contributed by atoms with E-state index < -0.39 is 5.97 Å². The second kappa shape index (κ2) is 7.51. The molecule has 24 heavy (non-hydrogen) atoms. The molecular weight excluding hydrogens is 346 g/mol. The highest BCUT2D eigenvalue weighted by atomic mass is 35.5. The molecule has 122 valence electrons. The Morgan fingerprint density at radius 2 is 2.12 bits per heavy atom. The van der Waals surface area contributed by atoms with Crippen molar-refractivity contribution in [2.24, 2.45) is 0 Å². The number of rotatable bonds is 5. The van der Waals surface area contributed by atoms with E-state index in [1.807, 2.05) is 30.3 Å². The molecule has 0 fully saturated rings. The van der Waals surface area contributed by atoms with Crippen molar-refractivity contribution in [2.75, 3.05) is 6.61 Å². The zero-order chi connectivity index (χ0) is 16.9. The Kier molecular flexibility index (Phi) is 5.17. The van der Waals surface area contributed by atoms with E-state index in [0.717, 1.165) is 9.92 Å². The van der Waals surface area contributed by atoms with Gasteiger partial charge in [0.2, 0.25) is 0 Å². The van der Waals surface area contributed by atoms with Crippen molar-refractivity contribution in [1.29, 1.82) is 0 Å². The molecule has 0 bridgehead atoms. The number of esters is 1. The molecule has 0 unspecified atom stereocenters. The molecule has 0 saturated carbocycles. The number of hydrogen-bond acceptors (Lipinski definition) is 5. The normalized spacial score (nSPS) is 10.6. The Morgan fingerprint density at radius 3 is 2.83 bits per heavy atom. The van der Waals surface area contributed by atoms with Gasteiger partial charge in [0.05, 0.1) is 17.3 Å². The number of para-hydroxylation sites is 1. The number of benzene rings is 1. The maximum atomic E-state index is 12.0. The van der Waals surface area contributed by atoms with Crippen molar-refractivity contribution < 1.29 is 9.53 Å². The first-order chi connectivity index (χ1) is 11.7. The largest absolute Gasteiger partial charge is 0.461 e. The summed E-state index contributed by atoms with van der Waals surface area (Å²) in [6.07, 6.45) is 3.46. The lowest BCUT2D eigenvalue weighted by Crippen LogP contribution is -2.07. The van der Waals surface area contributed by atoms with Crippen LogP contribution in [0.3, 0.4) is 0 Å². The maximum Gasteiger partial charge on any atom is 0.358 e. The van der Waals surface area contributed by atoms with Gasteiger partial charge in [-0.1, -0.05) is 35.5 Å². The third kappa shape index (κ3) is 3.60. The molecule has 0 atom stereocenters. The van der Waals surface area contributed by atoms with Gasteiger partial charge in [-0.15, -0.1) is 0 Å². The van der Waals surface area contributed by atoms with Crippen LogP contribution in [0, 0.1) is 0 Å². The van der Waals surface area contributed by atoms with Gasteiger partial charge in [0.15, 0.2) is 5.69 Å². The Balaban J connectivity index is 2.05. The van der Waals surface area contributed by atoms with E-state index in [1.54, 1.807) is 36.1 Å². The molecule has 3 rings (SSSR count). The van der Waals surface area contributed by atoms with Gasteiger partial charge < -0.3 is 4.74 Å². The summed E-state index contributed by atoms with van der Waals surface area (Å²) in [6, 6.07) is 12.8. The number of pyridine rings is 1. The average Bonchev–Trinajstić information content (AvgIpc) is 3.00. The van der Waals surface area contributed by atoms with Crippen LogP contribution in [0.15, 0.2) is 64.8 Å². The number of hydrogen-bond donors (Lipinski definition) is 0. The molecule has 0 radical (unpaired) electrons. The average molecular weight is 360 g/mol. The Bertz CT molecular complexity index is 852. The highest BCUT2D eigenvalue weighted by Crippen LogP contribution is 2.31. The minimum absolute atomic E-state index is 0.239. The van der Waals surface area contributed by atoms with Gasteiger partial charge in [0, 0.05) is 23.4 Å². The first-order valence-electron chi connectivity index (χ1n) is 7.29. The SMILES string of the molecule is CCOC(=O)c1cc(Sc2cccnc2)n(-c2ccccc2Cl)n1. The summed E-state index contributed by atoms with van der Waals surface area (Å²) in [4.78, 5) is 17.1. The van der Waals surface area contributed by atoms with Crippen LogP contribution in [0.25, 0.3) is 5.69 Å². The summed E-state index contributed by atoms with van der Waals surface area (Å²) in [5, 5.41) is 5.67. The van der Waals surface area contributed by atoms with E-state index in [4.69, 9.17) is 16.3 Å². The minimum atomic E-state index is -0.462. The molecule has 0 spiro atoms. The Hall–Kier alpha value is -2.31.